The number of nitrogens with one attached hydrogen (secondary N) is 2. The molecule has 3 aromatic rings. The van der Waals surface area contributed by atoms with Gasteiger partial charge >= 0.3 is 0 Å². The normalized spacial score (nSPS) is 19.4. The van der Waals surface area contributed by atoms with E-state index in [9.17, 15) is 4.79 Å². The zero-order chi connectivity index (χ0) is 18.5. The Hall–Kier alpha value is -2.57. The number of aryl methyl sites for hydroxylation is 1. The van der Waals surface area contributed by atoms with Crippen LogP contribution < -0.4 is 10.1 Å². The maximum Gasteiger partial charge on any atom is 0.258 e. The van der Waals surface area contributed by atoms with Gasteiger partial charge in [-0.2, -0.15) is 5.10 Å². The minimum atomic E-state index is -0.0132. The van der Waals surface area contributed by atoms with Gasteiger partial charge in [-0.3, -0.25) is 9.89 Å². The van der Waals surface area contributed by atoms with Gasteiger partial charge in [-0.15, -0.1) is 0 Å². The van der Waals surface area contributed by atoms with Crippen LogP contribution >= 0.6 is 11.6 Å². The van der Waals surface area contributed by atoms with Crippen molar-refractivity contribution in [3.05, 3.63) is 46.6 Å². The molecule has 1 fully saturated rings. The van der Waals surface area contributed by atoms with E-state index in [1.807, 2.05) is 36.1 Å². The molecule has 2 aliphatic rings. The van der Waals surface area contributed by atoms with E-state index >= 15 is 0 Å². The van der Waals surface area contributed by atoms with Gasteiger partial charge in [0.15, 0.2) is 5.75 Å². The molecule has 3 heterocycles. The average molecular weight is 383 g/mol. The quantitative estimate of drug-likeness (QED) is 0.678. The van der Waals surface area contributed by atoms with Crippen LogP contribution in [0.4, 0.5) is 0 Å². The Labute approximate surface area is 161 Å². The first-order valence-electron chi connectivity index (χ1n) is 9.05. The first kappa shape index (κ1) is 16.6. The number of rotatable bonds is 1. The number of H-pyrrole nitrogens is 1. The fourth-order valence-electron chi connectivity index (χ4n) is 4.05. The van der Waals surface area contributed by atoms with Gasteiger partial charge in [0.2, 0.25) is 0 Å². The topological polar surface area (TPSA) is 70.2 Å². The number of hydrogen-bond acceptors (Lipinski definition) is 4. The average Bonchev–Trinajstić information content (AvgIpc) is 3.10. The van der Waals surface area contributed by atoms with E-state index < -0.39 is 0 Å². The van der Waals surface area contributed by atoms with Gasteiger partial charge in [0.1, 0.15) is 6.61 Å². The summed E-state index contributed by atoms with van der Waals surface area (Å²) in [7, 11) is 0. The summed E-state index contributed by atoms with van der Waals surface area (Å²) >= 11 is 6.79. The molecule has 0 bridgehead atoms. The third-order valence-corrected chi connectivity index (χ3v) is 5.84. The monoisotopic (exact) mass is 382 g/mol. The Morgan fingerprint density at radius 2 is 2.11 bits per heavy atom. The standard InChI is InChI=1S/C20H19ClN4O2/c1-11-2-5-16-15(9-23-24-16)17(11)13-3-4-14-19(18(13)21)27-10-12-8-22-6-7-25(12)20(14)26/h2-5,9,12,22H,6-8,10H2,1H3,(H,23,24)/t12-/m1/s1. The Bertz CT molecular complexity index is 1060. The lowest BCUT2D eigenvalue weighted by Gasteiger charge is -2.33. The van der Waals surface area contributed by atoms with E-state index in [-0.39, 0.29) is 11.9 Å². The predicted octanol–water partition coefficient (Wildman–Crippen LogP) is 3.00. The van der Waals surface area contributed by atoms with E-state index in [1.165, 1.54) is 0 Å². The summed E-state index contributed by atoms with van der Waals surface area (Å²) in [5.41, 5.74) is 4.43. The number of aromatic amines is 1. The molecule has 1 amide bonds. The van der Waals surface area contributed by atoms with Gasteiger partial charge in [0.05, 0.1) is 28.3 Å². The molecule has 27 heavy (non-hydrogen) atoms. The van der Waals surface area contributed by atoms with E-state index in [2.05, 4.69) is 15.5 Å². The zero-order valence-electron chi connectivity index (χ0n) is 14.9. The number of aromatic nitrogens is 2. The third-order valence-electron chi connectivity index (χ3n) is 5.46. The third kappa shape index (κ3) is 2.51. The number of carbonyl (C=O) groups is 1. The van der Waals surface area contributed by atoms with Crippen molar-refractivity contribution in [3.8, 4) is 16.9 Å². The fraction of sp³-hybridized carbons (Fsp3) is 0.300. The van der Waals surface area contributed by atoms with Gasteiger partial charge in [0.25, 0.3) is 5.91 Å². The molecule has 0 radical (unpaired) electrons. The molecule has 0 aliphatic carbocycles. The highest BCUT2D eigenvalue weighted by Gasteiger charge is 2.34. The molecule has 2 aliphatic heterocycles. The maximum atomic E-state index is 13.1. The van der Waals surface area contributed by atoms with Crippen molar-refractivity contribution in [3.63, 3.8) is 0 Å². The van der Waals surface area contributed by atoms with Gasteiger partial charge < -0.3 is 15.0 Å². The Morgan fingerprint density at radius 3 is 3.00 bits per heavy atom. The number of hydrogen-bond donors (Lipinski definition) is 2. The minimum Gasteiger partial charge on any atom is -0.489 e. The van der Waals surface area contributed by atoms with E-state index in [1.54, 1.807) is 6.20 Å². The second-order valence-electron chi connectivity index (χ2n) is 7.06. The smallest absolute Gasteiger partial charge is 0.258 e. The molecular weight excluding hydrogens is 364 g/mol. The molecule has 1 atom stereocenters. The van der Waals surface area contributed by atoms with Crippen LogP contribution in [0.2, 0.25) is 5.02 Å². The second-order valence-corrected chi connectivity index (χ2v) is 7.44. The summed E-state index contributed by atoms with van der Waals surface area (Å²) in [4.78, 5) is 14.9. The van der Waals surface area contributed by atoms with Crippen LogP contribution in [0.1, 0.15) is 15.9 Å². The van der Waals surface area contributed by atoms with Crippen molar-refractivity contribution in [2.24, 2.45) is 0 Å². The molecule has 0 unspecified atom stereocenters. The summed E-state index contributed by atoms with van der Waals surface area (Å²) in [5, 5.41) is 11.9. The molecule has 1 aromatic heterocycles. The van der Waals surface area contributed by atoms with Crippen LogP contribution in [0, 0.1) is 6.92 Å². The second kappa shape index (κ2) is 6.25. The van der Waals surface area contributed by atoms with Crippen LogP contribution in [0.15, 0.2) is 30.5 Å². The van der Waals surface area contributed by atoms with Gasteiger partial charge in [0, 0.05) is 30.6 Å². The van der Waals surface area contributed by atoms with Gasteiger partial charge in [-0.05, 0) is 30.2 Å². The summed E-state index contributed by atoms with van der Waals surface area (Å²) in [6.07, 6.45) is 1.80. The molecule has 2 aromatic carbocycles. The highest BCUT2D eigenvalue weighted by Crippen LogP contribution is 2.43. The SMILES string of the molecule is Cc1ccc2[nH]ncc2c1-c1ccc2c(c1Cl)OC[C@H]1CNCCN1C2=O. The number of piperazine rings is 1. The molecule has 6 nitrogen and oxygen atoms in total. The van der Waals surface area contributed by atoms with Crippen molar-refractivity contribution in [2.75, 3.05) is 26.2 Å². The van der Waals surface area contributed by atoms with E-state index in [0.717, 1.165) is 40.7 Å². The van der Waals surface area contributed by atoms with Crippen LogP contribution in [0.25, 0.3) is 22.0 Å². The fourth-order valence-corrected chi connectivity index (χ4v) is 4.37. The number of carbonyl (C=O) groups excluding carboxylic acids is 1. The molecular formula is C20H19ClN4O2. The number of benzene rings is 2. The largest absolute Gasteiger partial charge is 0.489 e. The summed E-state index contributed by atoms with van der Waals surface area (Å²) in [6.45, 7) is 4.69. The van der Waals surface area contributed by atoms with Gasteiger partial charge in [-0.25, -0.2) is 0 Å². The molecule has 7 heteroatoms. The lowest BCUT2D eigenvalue weighted by molar-refractivity contribution is 0.0606. The molecule has 2 N–H and O–H groups in total. The van der Waals surface area contributed by atoms with Gasteiger partial charge in [-0.1, -0.05) is 23.7 Å². The van der Waals surface area contributed by atoms with Crippen LogP contribution in [-0.2, 0) is 0 Å². The number of ether oxygens (including phenoxy) is 1. The Balaban J connectivity index is 1.68. The number of fused-ring (bicyclic) bond motifs is 3. The maximum absolute atomic E-state index is 13.1. The van der Waals surface area contributed by atoms with Crippen molar-refractivity contribution in [1.29, 1.82) is 0 Å². The van der Waals surface area contributed by atoms with Crippen molar-refractivity contribution in [1.82, 2.24) is 20.4 Å². The number of nitrogens with zero attached hydrogens (tertiary/aromatic N) is 2. The predicted molar refractivity (Wildman–Crippen MR) is 104 cm³/mol. The molecule has 138 valence electrons. The first-order chi connectivity index (χ1) is 13.1. The highest BCUT2D eigenvalue weighted by molar-refractivity contribution is 6.36. The minimum absolute atomic E-state index is 0.0132. The van der Waals surface area contributed by atoms with Crippen LogP contribution in [-0.4, -0.2) is 53.3 Å². The number of amides is 1. The lowest BCUT2D eigenvalue weighted by atomic mass is 9.95. The van der Waals surface area contributed by atoms with Crippen molar-refractivity contribution >= 4 is 28.4 Å². The summed E-state index contributed by atoms with van der Waals surface area (Å²) in [6, 6.07) is 7.82. The number of halogens is 1. The van der Waals surface area contributed by atoms with E-state index in [0.29, 0.717) is 29.5 Å². The summed E-state index contributed by atoms with van der Waals surface area (Å²) < 4.78 is 6.06. The Kier molecular flexibility index (Phi) is 3.84. The highest BCUT2D eigenvalue weighted by atomic mass is 35.5. The van der Waals surface area contributed by atoms with Crippen molar-refractivity contribution < 1.29 is 9.53 Å². The van der Waals surface area contributed by atoms with E-state index in [4.69, 9.17) is 16.3 Å². The Morgan fingerprint density at radius 1 is 1.26 bits per heavy atom. The van der Waals surface area contributed by atoms with Crippen LogP contribution in [0.5, 0.6) is 5.75 Å². The first-order valence-corrected chi connectivity index (χ1v) is 9.43. The summed E-state index contributed by atoms with van der Waals surface area (Å²) in [5.74, 6) is 0.467. The zero-order valence-corrected chi connectivity index (χ0v) is 15.6. The lowest BCUT2D eigenvalue weighted by Crippen LogP contribution is -2.54. The molecule has 0 saturated carbocycles. The van der Waals surface area contributed by atoms with Crippen LogP contribution in [0.3, 0.4) is 0 Å². The molecule has 5 rings (SSSR count). The van der Waals surface area contributed by atoms with Crippen molar-refractivity contribution in [2.45, 2.75) is 13.0 Å². The molecule has 0 spiro atoms. The molecule has 1 saturated heterocycles.